The zero-order valence-electron chi connectivity index (χ0n) is 16.6. The lowest BCUT2D eigenvalue weighted by Gasteiger charge is -2.16. The minimum atomic E-state index is -0.525. The van der Waals surface area contributed by atoms with Crippen LogP contribution in [0.4, 0.5) is 10.2 Å². The van der Waals surface area contributed by atoms with Crippen LogP contribution in [0.25, 0.3) is 11.1 Å². The number of anilines is 1. The van der Waals surface area contributed by atoms with Crippen LogP contribution in [0.1, 0.15) is 17.7 Å². The third kappa shape index (κ3) is 4.88. The van der Waals surface area contributed by atoms with Crippen LogP contribution in [-0.2, 0) is 11.3 Å². The molecule has 0 spiro atoms. The number of hydrogen-bond donors (Lipinski definition) is 1. The summed E-state index contributed by atoms with van der Waals surface area (Å²) in [6.07, 6.45) is 5.07. The van der Waals surface area contributed by atoms with Gasteiger partial charge >= 0.3 is 0 Å². The Morgan fingerprint density at radius 3 is 2.73 bits per heavy atom. The predicted octanol–water partition coefficient (Wildman–Crippen LogP) is 4.91. The highest BCUT2D eigenvalue weighted by Gasteiger charge is 2.20. The first-order valence-corrected chi connectivity index (χ1v) is 10.6. The zero-order chi connectivity index (χ0) is 22.0. The van der Waals surface area contributed by atoms with Crippen molar-refractivity contribution in [3.05, 3.63) is 58.2 Å². The zero-order valence-corrected chi connectivity index (χ0v) is 18.9. The van der Waals surface area contributed by atoms with Crippen LogP contribution in [0.3, 0.4) is 0 Å². The van der Waals surface area contributed by atoms with Crippen molar-refractivity contribution in [3.8, 4) is 11.1 Å². The normalized spacial score (nSPS) is 12.1. The molecule has 0 fully saturated rings. The number of amides is 1. The summed E-state index contributed by atoms with van der Waals surface area (Å²) in [5, 5.41) is 4.35. The number of nitrogen functional groups attached to an aromatic ring is 1. The SMILES string of the molecule is CC(Sc1cc(-c2cnn(CC(=O)N(C)C)c2)cnc1N)c1c(Cl)ccc(F)c1Cl. The number of halogens is 3. The Morgan fingerprint density at radius 2 is 2.03 bits per heavy atom. The van der Waals surface area contributed by atoms with Gasteiger partial charge in [0.05, 0.1) is 16.1 Å². The van der Waals surface area contributed by atoms with Crippen LogP contribution in [-0.4, -0.2) is 39.7 Å². The fourth-order valence-corrected chi connectivity index (χ4v) is 4.69. The van der Waals surface area contributed by atoms with Gasteiger partial charge < -0.3 is 10.6 Å². The van der Waals surface area contributed by atoms with Crippen LogP contribution in [0, 0.1) is 5.82 Å². The van der Waals surface area contributed by atoms with E-state index in [4.69, 9.17) is 28.9 Å². The van der Waals surface area contributed by atoms with Crippen molar-refractivity contribution in [2.24, 2.45) is 0 Å². The molecule has 0 aliphatic heterocycles. The fraction of sp³-hybridized carbons (Fsp3) is 0.250. The van der Waals surface area contributed by atoms with Gasteiger partial charge in [0.1, 0.15) is 18.2 Å². The molecular formula is C20H20Cl2FN5OS. The largest absolute Gasteiger partial charge is 0.383 e. The maximum absolute atomic E-state index is 13.9. The summed E-state index contributed by atoms with van der Waals surface area (Å²) in [7, 11) is 3.39. The molecule has 3 aromatic rings. The number of hydrogen-bond acceptors (Lipinski definition) is 5. The van der Waals surface area contributed by atoms with Crippen molar-refractivity contribution in [2.75, 3.05) is 19.8 Å². The van der Waals surface area contributed by atoms with Gasteiger partial charge in [0, 0.05) is 53.5 Å². The molecule has 30 heavy (non-hydrogen) atoms. The average Bonchev–Trinajstić information content (AvgIpc) is 3.15. The Labute approximate surface area is 188 Å². The maximum atomic E-state index is 13.9. The van der Waals surface area contributed by atoms with Gasteiger partial charge in [-0.15, -0.1) is 11.8 Å². The lowest BCUT2D eigenvalue weighted by molar-refractivity contribution is -0.129. The second-order valence-electron chi connectivity index (χ2n) is 6.84. The molecule has 2 N–H and O–H groups in total. The molecule has 0 saturated heterocycles. The second kappa shape index (κ2) is 9.24. The number of nitrogens with two attached hydrogens (primary N) is 1. The number of carbonyl (C=O) groups excluding carboxylic acids is 1. The minimum Gasteiger partial charge on any atom is -0.383 e. The van der Waals surface area contributed by atoms with Crippen molar-refractivity contribution in [3.63, 3.8) is 0 Å². The topological polar surface area (TPSA) is 77.0 Å². The summed E-state index contributed by atoms with van der Waals surface area (Å²) in [5.74, 6) is -0.244. The van der Waals surface area contributed by atoms with E-state index in [1.54, 1.807) is 37.4 Å². The maximum Gasteiger partial charge on any atom is 0.243 e. The average molecular weight is 468 g/mol. The van der Waals surface area contributed by atoms with E-state index in [9.17, 15) is 9.18 Å². The molecule has 1 atom stereocenters. The van der Waals surface area contributed by atoms with Gasteiger partial charge in [0.25, 0.3) is 0 Å². The first-order chi connectivity index (χ1) is 14.2. The molecule has 1 aromatic carbocycles. The van der Waals surface area contributed by atoms with Gasteiger partial charge in [-0.2, -0.15) is 5.10 Å². The summed E-state index contributed by atoms with van der Waals surface area (Å²) >= 11 is 13.8. The number of likely N-dealkylation sites (N-methyl/N-ethyl adjacent to an activating group) is 1. The molecule has 3 rings (SSSR count). The van der Waals surface area contributed by atoms with Gasteiger partial charge in [-0.1, -0.05) is 23.2 Å². The highest BCUT2D eigenvalue weighted by molar-refractivity contribution is 7.99. The smallest absolute Gasteiger partial charge is 0.243 e. The van der Waals surface area contributed by atoms with E-state index in [-0.39, 0.29) is 22.7 Å². The molecular weight excluding hydrogens is 448 g/mol. The van der Waals surface area contributed by atoms with E-state index >= 15 is 0 Å². The first-order valence-electron chi connectivity index (χ1n) is 8.96. The molecule has 1 unspecified atom stereocenters. The summed E-state index contributed by atoms with van der Waals surface area (Å²) in [6, 6.07) is 4.59. The molecule has 10 heteroatoms. The van der Waals surface area contributed by atoms with Crippen LogP contribution in [0.5, 0.6) is 0 Å². The molecule has 0 aliphatic rings. The molecule has 2 heterocycles. The predicted molar refractivity (Wildman–Crippen MR) is 119 cm³/mol. The first kappa shape index (κ1) is 22.4. The van der Waals surface area contributed by atoms with E-state index in [1.807, 2.05) is 13.0 Å². The summed E-state index contributed by atoms with van der Waals surface area (Å²) in [4.78, 5) is 18.4. The number of carbonyl (C=O) groups is 1. The fourth-order valence-electron chi connectivity index (χ4n) is 2.75. The Bertz CT molecular complexity index is 1090. The molecule has 0 bridgehead atoms. The van der Waals surface area contributed by atoms with Crippen molar-refractivity contribution >= 4 is 46.7 Å². The lowest BCUT2D eigenvalue weighted by Crippen LogP contribution is -2.26. The molecule has 158 valence electrons. The number of rotatable bonds is 6. The van der Waals surface area contributed by atoms with Gasteiger partial charge in [-0.3, -0.25) is 9.48 Å². The van der Waals surface area contributed by atoms with Crippen molar-refractivity contribution in [2.45, 2.75) is 23.6 Å². The molecule has 0 radical (unpaired) electrons. The van der Waals surface area contributed by atoms with Crippen LogP contribution in [0.15, 0.2) is 41.7 Å². The monoisotopic (exact) mass is 467 g/mol. The number of thioether (sulfide) groups is 1. The third-order valence-corrected chi connectivity index (χ3v) is 6.32. The van der Waals surface area contributed by atoms with Gasteiger partial charge in [-0.05, 0) is 25.1 Å². The standard InChI is InChI=1S/C20H20Cl2FN5OS/c1-11(18-14(21)4-5-15(23)19(18)22)30-16-6-12(7-25-20(16)24)13-8-26-28(9-13)10-17(29)27(2)3/h4-9,11H,10H2,1-3H3,(H2,24,25). The van der Waals surface area contributed by atoms with Gasteiger partial charge in [-0.25, -0.2) is 9.37 Å². The quantitative estimate of drug-likeness (QED) is 0.411. The number of pyridine rings is 1. The molecule has 2 aromatic heterocycles. The Balaban J connectivity index is 1.85. The molecule has 1 amide bonds. The van der Waals surface area contributed by atoms with Crippen molar-refractivity contribution in [1.29, 1.82) is 0 Å². The number of aromatic nitrogens is 3. The number of benzene rings is 1. The van der Waals surface area contributed by atoms with Crippen LogP contribution < -0.4 is 5.73 Å². The van der Waals surface area contributed by atoms with Crippen LogP contribution >= 0.6 is 35.0 Å². The molecule has 0 saturated carbocycles. The van der Waals surface area contributed by atoms with E-state index in [0.717, 1.165) is 11.1 Å². The van der Waals surface area contributed by atoms with Crippen molar-refractivity contribution < 1.29 is 9.18 Å². The van der Waals surface area contributed by atoms with E-state index < -0.39 is 5.82 Å². The molecule has 6 nitrogen and oxygen atoms in total. The lowest BCUT2D eigenvalue weighted by atomic mass is 10.1. The highest BCUT2D eigenvalue weighted by atomic mass is 35.5. The minimum absolute atomic E-state index is 0.00276. The Kier molecular flexibility index (Phi) is 6.90. The summed E-state index contributed by atoms with van der Waals surface area (Å²) in [5.41, 5.74) is 8.15. The number of nitrogens with zero attached hydrogens (tertiary/aromatic N) is 4. The molecule has 0 aliphatic carbocycles. The van der Waals surface area contributed by atoms with Crippen molar-refractivity contribution in [1.82, 2.24) is 19.7 Å². The summed E-state index contributed by atoms with van der Waals surface area (Å²) in [6.45, 7) is 2.01. The Morgan fingerprint density at radius 1 is 1.30 bits per heavy atom. The second-order valence-corrected chi connectivity index (χ2v) is 9.01. The highest BCUT2D eigenvalue weighted by Crippen LogP contribution is 2.44. The van der Waals surface area contributed by atoms with E-state index in [1.165, 1.54) is 28.8 Å². The summed E-state index contributed by atoms with van der Waals surface area (Å²) < 4.78 is 15.5. The third-order valence-electron chi connectivity index (χ3n) is 4.43. The van der Waals surface area contributed by atoms with E-state index in [2.05, 4.69) is 10.1 Å². The van der Waals surface area contributed by atoms with Gasteiger partial charge in [0.15, 0.2) is 0 Å². The van der Waals surface area contributed by atoms with Crippen LogP contribution in [0.2, 0.25) is 10.0 Å². The van der Waals surface area contributed by atoms with E-state index in [0.29, 0.717) is 21.3 Å². The van der Waals surface area contributed by atoms with Gasteiger partial charge in [0.2, 0.25) is 5.91 Å². The Hall–Kier alpha value is -2.29.